The number of aryl methyl sites for hydroxylation is 2. The van der Waals surface area contributed by atoms with Crippen molar-refractivity contribution >= 4 is 5.91 Å². The molecule has 6 nitrogen and oxygen atoms in total. The number of amides is 1. The van der Waals surface area contributed by atoms with Crippen LogP contribution in [-0.2, 0) is 11.2 Å². The molecular weight excluding hydrogens is 304 g/mol. The maximum absolute atomic E-state index is 12.2. The van der Waals surface area contributed by atoms with Crippen LogP contribution in [0.25, 0.3) is 0 Å². The fourth-order valence-electron chi connectivity index (χ4n) is 3.01. The lowest BCUT2D eigenvalue weighted by Crippen LogP contribution is -2.32. The van der Waals surface area contributed by atoms with Crippen LogP contribution in [0.1, 0.15) is 41.9 Å². The highest BCUT2D eigenvalue weighted by atomic mass is 16.3. The number of nitrogens with zero attached hydrogens (tertiary/aromatic N) is 2. The molecule has 1 amide bonds. The van der Waals surface area contributed by atoms with E-state index in [0.717, 1.165) is 22.6 Å². The number of hydrogen-bond acceptors (Lipinski definition) is 4. The van der Waals surface area contributed by atoms with Gasteiger partial charge in [0.05, 0.1) is 5.69 Å². The van der Waals surface area contributed by atoms with Gasteiger partial charge in [0.1, 0.15) is 0 Å². The molecule has 0 aliphatic rings. The van der Waals surface area contributed by atoms with Crippen molar-refractivity contribution in [3.8, 4) is 0 Å². The topological polar surface area (TPSA) is 90.9 Å². The summed E-state index contributed by atoms with van der Waals surface area (Å²) in [5, 5.41) is 19.6. The number of aliphatic hydroxyl groups excluding tert-OH is 1. The van der Waals surface area contributed by atoms with E-state index in [1.54, 1.807) is 6.20 Å². The molecule has 0 aliphatic heterocycles. The van der Waals surface area contributed by atoms with E-state index in [4.69, 9.17) is 0 Å². The van der Waals surface area contributed by atoms with Crippen molar-refractivity contribution in [2.24, 2.45) is 5.92 Å². The molecule has 0 spiro atoms. The SMILES string of the molecule is Cc1n[nH]c(C)c1C(C)CC(=O)NCC(CO)Cc1ccccn1. The van der Waals surface area contributed by atoms with E-state index in [2.05, 4.69) is 20.5 Å². The molecule has 6 heteroatoms. The Morgan fingerprint density at radius 2 is 2.17 bits per heavy atom. The number of H-pyrrole nitrogens is 1. The first-order valence-electron chi connectivity index (χ1n) is 8.30. The molecule has 0 fully saturated rings. The van der Waals surface area contributed by atoms with E-state index in [-0.39, 0.29) is 24.3 Å². The molecule has 2 unspecified atom stereocenters. The van der Waals surface area contributed by atoms with Gasteiger partial charge in [0.15, 0.2) is 0 Å². The quantitative estimate of drug-likeness (QED) is 0.689. The predicted octanol–water partition coefficient (Wildman–Crippen LogP) is 1.88. The van der Waals surface area contributed by atoms with Crippen molar-refractivity contribution in [3.05, 3.63) is 47.0 Å². The molecule has 0 bridgehead atoms. The van der Waals surface area contributed by atoms with Crippen LogP contribution < -0.4 is 5.32 Å². The molecule has 24 heavy (non-hydrogen) atoms. The van der Waals surface area contributed by atoms with Crippen LogP contribution in [-0.4, -0.2) is 39.3 Å². The van der Waals surface area contributed by atoms with Gasteiger partial charge in [0, 0.05) is 43.1 Å². The predicted molar refractivity (Wildman–Crippen MR) is 92.6 cm³/mol. The average molecular weight is 330 g/mol. The average Bonchev–Trinajstić information content (AvgIpc) is 2.91. The van der Waals surface area contributed by atoms with E-state index in [1.807, 2.05) is 39.0 Å². The van der Waals surface area contributed by atoms with Gasteiger partial charge in [-0.25, -0.2) is 0 Å². The zero-order valence-electron chi connectivity index (χ0n) is 14.5. The van der Waals surface area contributed by atoms with Crippen LogP contribution in [0.3, 0.4) is 0 Å². The highest BCUT2D eigenvalue weighted by molar-refractivity contribution is 5.76. The van der Waals surface area contributed by atoms with Crippen molar-refractivity contribution in [2.75, 3.05) is 13.2 Å². The minimum absolute atomic E-state index is 0.0121. The van der Waals surface area contributed by atoms with Gasteiger partial charge in [-0.2, -0.15) is 5.10 Å². The van der Waals surface area contributed by atoms with E-state index >= 15 is 0 Å². The standard InChI is InChI=1S/C18H26N4O2/c1-12(18-13(2)21-22-14(18)3)8-17(24)20-10-15(11-23)9-16-6-4-5-7-19-16/h4-7,12,15,23H,8-11H2,1-3H3,(H,20,24)(H,21,22). The first kappa shape index (κ1) is 18.1. The first-order chi connectivity index (χ1) is 11.5. The molecule has 2 aromatic rings. The molecule has 3 N–H and O–H groups in total. The van der Waals surface area contributed by atoms with Crippen molar-refractivity contribution in [2.45, 2.75) is 39.5 Å². The highest BCUT2D eigenvalue weighted by Gasteiger charge is 2.18. The van der Waals surface area contributed by atoms with Gasteiger partial charge in [-0.3, -0.25) is 14.9 Å². The molecule has 2 atom stereocenters. The summed E-state index contributed by atoms with van der Waals surface area (Å²) in [6.07, 6.45) is 2.79. The Hall–Kier alpha value is -2.21. The smallest absolute Gasteiger partial charge is 0.220 e. The number of carbonyl (C=O) groups excluding carboxylic acids is 1. The lowest BCUT2D eigenvalue weighted by Gasteiger charge is -2.16. The van der Waals surface area contributed by atoms with Crippen molar-refractivity contribution < 1.29 is 9.90 Å². The van der Waals surface area contributed by atoms with Crippen LogP contribution in [0, 0.1) is 19.8 Å². The minimum atomic E-state index is -0.0310. The summed E-state index contributed by atoms with van der Waals surface area (Å²) in [6.45, 7) is 6.41. The van der Waals surface area contributed by atoms with E-state index < -0.39 is 0 Å². The number of aromatic amines is 1. The number of aliphatic hydroxyl groups is 1. The summed E-state index contributed by atoms with van der Waals surface area (Å²) in [7, 11) is 0. The van der Waals surface area contributed by atoms with Gasteiger partial charge in [-0.05, 0) is 43.9 Å². The van der Waals surface area contributed by atoms with E-state index in [1.165, 1.54) is 0 Å². The molecule has 2 aromatic heterocycles. The maximum Gasteiger partial charge on any atom is 0.220 e. The second-order valence-corrected chi connectivity index (χ2v) is 6.33. The monoisotopic (exact) mass is 330 g/mol. The Bertz CT molecular complexity index is 635. The molecule has 0 aromatic carbocycles. The summed E-state index contributed by atoms with van der Waals surface area (Å²) in [5.41, 5.74) is 3.98. The van der Waals surface area contributed by atoms with Gasteiger partial charge in [0.2, 0.25) is 5.91 Å². The third-order valence-corrected chi connectivity index (χ3v) is 4.24. The van der Waals surface area contributed by atoms with Gasteiger partial charge in [0.25, 0.3) is 0 Å². The van der Waals surface area contributed by atoms with E-state index in [0.29, 0.717) is 19.4 Å². The second kappa shape index (κ2) is 8.59. The molecule has 130 valence electrons. The summed E-state index contributed by atoms with van der Waals surface area (Å²) < 4.78 is 0. The van der Waals surface area contributed by atoms with Crippen molar-refractivity contribution in [1.82, 2.24) is 20.5 Å². The van der Waals surface area contributed by atoms with Crippen molar-refractivity contribution in [3.63, 3.8) is 0 Å². The number of carbonyl (C=O) groups is 1. The third kappa shape index (κ3) is 4.89. The normalized spacial score (nSPS) is 13.5. The van der Waals surface area contributed by atoms with Crippen LogP contribution in [0.4, 0.5) is 0 Å². The third-order valence-electron chi connectivity index (χ3n) is 4.24. The number of pyridine rings is 1. The van der Waals surface area contributed by atoms with Crippen LogP contribution in [0.5, 0.6) is 0 Å². The highest BCUT2D eigenvalue weighted by Crippen LogP contribution is 2.24. The zero-order valence-corrected chi connectivity index (χ0v) is 14.5. The van der Waals surface area contributed by atoms with Gasteiger partial charge < -0.3 is 10.4 Å². The molecule has 0 saturated heterocycles. The Kier molecular flexibility index (Phi) is 6.49. The number of aromatic nitrogens is 3. The fraction of sp³-hybridized carbons (Fsp3) is 0.500. The number of hydrogen-bond donors (Lipinski definition) is 3. The molecule has 2 heterocycles. The van der Waals surface area contributed by atoms with Crippen LogP contribution in [0.15, 0.2) is 24.4 Å². The fourth-order valence-corrected chi connectivity index (χ4v) is 3.01. The van der Waals surface area contributed by atoms with Gasteiger partial charge in [-0.15, -0.1) is 0 Å². The Morgan fingerprint density at radius 3 is 2.75 bits per heavy atom. The summed E-state index contributed by atoms with van der Waals surface area (Å²) >= 11 is 0. The molecule has 2 rings (SSSR count). The van der Waals surface area contributed by atoms with Crippen LogP contribution in [0.2, 0.25) is 0 Å². The van der Waals surface area contributed by atoms with E-state index in [9.17, 15) is 9.90 Å². The Labute approximate surface area is 142 Å². The lowest BCUT2D eigenvalue weighted by atomic mass is 9.95. The minimum Gasteiger partial charge on any atom is -0.396 e. The number of rotatable bonds is 8. The molecule has 0 aliphatic carbocycles. The second-order valence-electron chi connectivity index (χ2n) is 6.33. The van der Waals surface area contributed by atoms with Crippen LogP contribution >= 0.6 is 0 Å². The van der Waals surface area contributed by atoms with Crippen molar-refractivity contribution in [1.29, 1.82) is 0 Å². The molecule has 0 radical (unpaired) electrons. The number of nitrogens with one attached hydrogen (secondary N) is 2. The Balaban J connectivity index is 1.83. The summed E-state index contributed by atoms with van der Waals surface area (Å²) in [5.74, 6) is 0.0608. The zero-order chi connectivity index (χ0) is 17.5. The maximum atomic E-state index is 12.2. The van der Waals surface area contributed by atoms with Gasteiger partial charge in [-0.1, -0.05) is 13.0 Å². The molecular formula is C18H26N4O2. The van der Waals surface area contributed by atoms with Gasteiger partial charge >= 0.3 is 0 Å². The molecule has 0 saturated carbocycles. The summed E-state index contributed by atoms with van der Waals surface area (Å²) in [4.78, 5) is 16.5. The largest absolute Gasteiger partial charge is 0.396 e. The Morgan fingerprint density at radius 1 is 1.38 bits per heavy atom. The first-order valence-corrected chi connectivity index (χ1v) is 8.30. The lowest BCUT2D eigenvalue weighted by molar-refractivity contribution is -0.121. The summed E-state index contributed by atoms with van der Waals surface area (Å²) in [6, 6.07) is 5.71.